The minimum Gasteiger partial charge on any atom is -0.481 e. The maximum Gasteiger partial charge on any atom is 0.307 e. The standard InChI is InChI=1S/C13H23NO3S/c1-9(18-2)7-8-14-12(15)10-5-3-4-6-11(10)13(16)17/h9-11H,3-8H2,1-2H3,(H,14,15)(H,16,17). The molecule has 1 rings (SSSR count). The average Bonchev–Trinajstić information content (AvgIpc) is 2.38. The van der Waals surface area contributed by atoms with Gasteiger partial charge in [0.05, 0.1) is 11.8 Å². The van der Waals surface area contributed by atoms with Gasteiger partial charge in [0.1, 0.15) is 0 Å². The highest BCUT2D eigenvalue weighted by atomic mass is 32.2. The van der Waals surface area contributed by atoms with E-state index >= 15 is 0 Å². The van der Waals surface area contributed by atoms with E-state index in [2.05, 4.69) is 12.2 Å². The van der Waals surface area contributed by atoms with E-state index in [-0.39, 0.29) is 11.8 Å². The second-order valence-corrected chi connectivity index (χ2v) is 6.24. The van der Waals surface area contributed by atoms with Gasteiger partial charge in [0, 0.05) is 11.8 Å². The van der Waals surface area contributed by atoms with Crippen molar-refractivity contribution >= 4 is 23.6 Å². The van der Waals surface area contributed by atoms with Crippen molar-refractivity contribution in [3.63, 3.8) is 0 Å². The van der Waals surface area contributed by atoms with Crippen molar-refractivity contribution in [2.45, 2.75) is 44.3 Å². The molecular formula is C13H23NO3S. The third-order valence-electron chi connectivity index (χ3n) is 3.67. The SMILES string of the molecule is CSC(C)CCNC(=O)C1CCCCC1C(=O)O. The number of thioether (sulfide) groups is 1. The molecule has 1 aliphatic rings. The summed E-state index contributed by atoms with van der Waals surface area (Å²) in [6.07, 6.45) is 6.20. The fourth-order valence-corrected chi connectivity index (χ4v) is 2.74. The number of amides is 1. The van der Waals surface area contributed by atoms with E-state index in [0.29, 0.717) is 24.6 Å². The van der Waals surface area contributed by atoms with E-state index in [9.17, 15) is 9.59 Å². The zero-order valence-corrected chi connectivity index (χ0v) is 12.0. The summed E-state index contributed by atoms with van der Waals surface area (Å²) in [7, 11) is 0. The average molecular weight is 273 g/mol. The number of carboxylic acids is 1. The molecule has 1 aliphatic carbocycles. The third-order valence-corrected chi connectivity index (χ3v) is 4.71. The Morgan fingerprint density at radius 2 is 1.94 bits per heavy atom. The van der Waals surface area contributed by atoms with Gasteiger partial charge in [-0.15, -0.1) is 0 Å². The molecular weight excluding hydrogens is 250 g/mol. The first-order chi connectivity index (χ1) is 8.56. The van der Waals surface area contributed by atoms with Gasteiger partial charge in [0.15, 0.2) is 0 Å². The fraction of sp³-hybridized carbons (Fsp3) is 0.846. The summed E-state index contributed by atoms with van der Waals surface area (Å²) < 4.78 is 0. The van der Waals surface area contributed by atoms with Gasteiger partial charge >= 0.3 is 5.97 Å². The zero-order valence-electron chi connectivity index (χ0n) is 11.1. The van der Waals surface area contributed by atoms with Crippen LogP contribution in [0.15, 0.2) is 0 Å². The van der Waals surface area contributed by atoms with Gasteiger partial charge in [-0.1, -0.05) is 19.8 Å². The summed E-state index contributed by atoms with van der Waals surface area (Å²) in [6, 6.07) is 0. The van der Waals surface area contributed by atoms with Crippen molar-refractivity contribution in [2.75, 3.05) is 12.8 Å². The quantitative estimate of drug-likeness (QED) is 0.778. The van der Waals surface area contributed by atoms with E-state index < -0.39 is 11.9 Å². The second kappa shape index (κ2) is 7.67. The lowest BCUT2D eigenvalue weighted by Crippen LogP contribution is -2.40. The minimum absolute atomic E-state index is 0.0737. The number of carboxylic acid groups (broad SMARTS) is 1. The van der Waals surface area contributed by atoms with Crippen LogP contribution in [-0.2, 0) is 9.59 Å². The largest absolute Gasteiger partial charge is 0.481 e. The maximum atomic E-state index is 12.0. The molecule has 3 unspecified atom stereocenters. The fourth-order valence-electron chi connectivity index (χ4n) is 2.39. The van der Waals surface area contributed by atoms with Gasteiger partial charge in [0.25, 0.3) is 0 Å². The van der Waals surface area contributed by atoms with Crippen molar-refractivity contribution < 1.29 is 14.7 Å². The van der Waals surface area contributed by atoms with Crippen LogP contribution in [0.5, 0.6) is 0 Å². The van der Waals surface area contributed by atoms with Crippen molar-refractivity contribution in [1.29, 1.82) is 0 Å². The Morgan fingerprint density at radius 3 is 2.50 bits per heavy atom. The first-order valence-electron chi connectivity index (χ1n) is 6.59. The molecule has 1 saturated carbocycles. The molecule has 5 heteroatoms. The molecule has 2 N–H and O–H groups in total. The maximum absolute atomic E-state index is 12.0. The van der Waals surface area contributed by atoms with Gasteiger partial charge in [-0.3, -0.25) is 9.59 Å². The van der Waals surface area contributed by atoms with E-state index in [1.54, 1.807) is 11.8 Å². The van der Waals surface area contributed by atoms with Gasteiger partial charge in [-0.25, -0.2) is 0 Å². The van der Waals surface area contributed by atoms with Crippen LogP contribution in [0, 0.1) is 11.8 Å². The number of hydrogen-bond donors (Lipinski definition) is 2. The molecule has 0 spiro atoms. The molecule has 0 aliphatic heterocycles. The predicted octanol–water partition coefficient (Wildman–Crippen LogP) is 2.14. The van der Waals surface area contributed by atoms with E-state index in [0.717, 1.165) is 19.3 Å². The number of aliphatic carboxylic acids is 1. The lowest BCUT2D eigenvalue weighted by atomic mass is 9.78. The number of carbonyl (C=O) groups is 2. The Balaban J connectivity index is 2.41. The summed E-state index contributed by atoms with van der Waals surface area (Å²) in [6.45, 7) is 2.77. The Morgan fingerprint density at radius 1 is 1.33 bits per heavy atom. The summed E-state index contributed by atoms with van der Waals surface area (Å²) in [5.41, 5.74) is 0. The van der Waals surface area contributed by atoms with Crippen LogP contribution < -0.4 is 5.32 Å². The molecule has 104 valence electrons. The van der Waals surface area contributed by atoms with Crippen molar-refractivity contribution in [3.8, 4) is 0 Å². The van der Waals surface area contributed by atoms with Crippen molar-refractivity contribution in [1.82, 2.24) is 5.32 Å². The lowest BCUT2D eigenvalue weighted by Gasteiger charge is -2.27. The van der Waals surface area contributed by atoms with Crippen LogP contribution in [0.4, 0.5) is 0 Å². The molecule has 4 nitrogen and oxygen atoms in total. The Kier molecular flexibility index (Phi) is 6.54. The number of rotatable bonds is 6. The van der Waals surface area contributed by atoms with Crippen LogP contribution in [0.3, 0.4) is 0 Å². The number of carbonyl (C=O) groups excluding carboxylic acids is 1. The Hall–Kier alpha value is -0.710. The highest BCUT2D eigenvalue weighted by Gasteiger charge is 2.35. The van der Waals surface area contributed by atoms with Gasteiger partial charge < -0.3 is 10.4 Å². The molecule has 1 amide bonds. The molecule has 0 bridgehead atoms. The van der Waals surface area contributed by atoms with Crippen molar-refractivity contribution in [2.24, 2.45) is 11.8 Å². The highest BCUT2D eigenvalue weighted by Crippen LogP contribution is 2.30. The number of nitrogens with one attached hydrogen (secondary N) is 1. The van der Waals surface area contributed by atoms with E-state index in [1.807, 2.05) is 6.26 Å². The normalized spacial score (nSPS) is 25.4. The van der Waals surface area contributed by atoms with Crippen LogP contribution in [0.1, 0.15) is 39.0 Å². The lowest BCUT2D eigenvalue weighted by molar-refractivity contribution is -0.148. The van der Waals surface area contributed by atoms with E-state index in [1.165, 1.54) is 0 Å². The third kappa shape index (κ3) is 4.52. The molecule has 3 atom stereocenters. The molecule has 0 aromatic heterocycles. The minimum atomic E-state index is -0.827. The Bertz CT molecular complexity index is 296. The van der Waals surface area contributed by atoms with Gasteiger partial charge in [0.2, 0.25) is 5.91 Å². The molecule has 18 heavy (non-hydrogen) atoms. The summed E-state index contributed by atoms with van der Waals surface area (Å²) >= 11 is 1.77. The summed E-state index contributed by atoms with van der Waals surface area (Å²) in [5.74, 6) is -1.72. The van der Waals surface area contributed by atoms with Crippen LogP contribution >= 0.6 is 11.8 Å². The molecule has 0 saturated heterocycles. The monoisotopic (exact) mass is 273 g/mol. The van der Waals surface area contributed by atoms with Crippen LogP contribution in [0.2, 0.25) is 0 Å². The first kappa shape index (κ1) is 15.3. The van der Waals surface area contributed by atoms with Crippen LogP contribution in [-0.4, -0.2) is 35.0 Å². The predicted molar refractivity (Wildman–Crippen MR) is 73.7 cm³/mol. The van der Waals surface area contributed by atoms with Gasteiger partial charge in [-0.2, -0.15) is 11.8 Å². The smallest absolute Gasteiger partial charge is 0.307 e. The van der Waals surface area contributed by atoms with Gasteiger partial charge in [-0.05, 0) is 25.5 Å². The zero-order chi connectivity index (χ0) is 13.5. The van der Waals surface area contributed by atoms with Crippen molar-refractivity contribution in [3.05, 3.63) is 0 Å². The number of hydrogen-bond acceptors (Lipinski definition) is 3. The molecule has 1 fully saturated rings. The molecule has 0 heterocycles. The highest BCUT2D eigenvalue weighted by molar-refractivity contribution is 7.99. The Labute approximate surface area is 113 Å². The summed E-state index contributed by atoms with van der Waals surface area (Å²) in [5, 5.41) is 12.5. The second-order valence-electron chi connectivity index (χ2n) is 4.96. The first-order valence-corrected chi connectivity index (χ1v) is 7.88. The van der Waals surface area contributed by atoms with Crippen LogP contribution in [0.25, 0.3) is 0 Å². The molecule has 0 aromatic carbocycles. The summed E-state index contributed by atoms with van der Waals surface area (Å²) in [4.78, 5) is 23.1. The molecule has 0 radical (unpaired) electrons. The molecule has 0 aromatic rings. The topological polar surface area (TPSA) is 66.4 Å². The van der Waals surface area contributed by atoms with E-state index in [4.69, 9.17) is 5.11 Å².